The second-order valence-corrected chi connectivity index (χ2v) is 10.3. The first-order valence-electron chi connectivity index (χ1n) is 11.1. The number of halogens is 1. The molecular weight excluding hydrogens is 455 g/mol. The van der Waals surface area contributed by atoms with Crippen LogP contribution in [0.2, 0.25) is 0 Å². The molecule has 0 radical (unpaired) electrons. The summed E-state index contributed by atoms with van der Waals surface area (Å²) in [6, 6.07) is 19.3. The Morgan fingerprint density at radius 1 is 1.00 bits per heavy atom. The molecule has 3 aromatic carbocycles. The maximum atomic E-state index is 13.9. The Bertz CT molecular complexity index is 1250. The lowest BCUT2D eigenvalue weighted by molar-refractivity contribution is 0.0486. The molecule has 0 saturated carbocycles. The highest BCUT2D eigenvalue weighted by atomic mass is 32.2. The quantitative estimate of drug-likeness (QED) is 0.522. The van der Waals surface area contributed by atoms with Crippen molar-refractivity contribution in [2.24, 2.45) is 0 Å². The third-order valence-corrected chi connectivity index (χ3v) is 7.60. The first-order valence-corrected chi connectivity index (χ1v) is 12.6. The van der Waals surface area contributed by atoms with Crippen LogP contribution in [0.1, 0.15) is 34.3 Å². The Hall–Kier alpha value is -3.23. The van der Waals surface area contributed by atoms with E-state index in [1.165, 1.54) is 36.4 Å². The van der Waals surface area contributed by atoms with Crippen molar-refractivity contribution in [2.45, 2.75) is 30.1 Å². The number of ether oxygens (including phenoxy) is 1. The zero-order chi connectivity index (χ0) is 24.2. The molecule has 2 N–H and O–H groups in total. The molecule has 1 aliphatic rings. The van der Waals surface area contributed by atoms with Gasteiger partial charge in [-0.15, -0.1) is 0 Å². The van der Waals surface area contributed by atoms with Crippen LogP contribution in [0, 0.1) is 12.7 Å². The zero-order valence-electron chi connectivity index (χ0n) is 18.9. The fourth-order valence-electron chi connectivity index (χ4n) is 4.12. The van der Waals surface area contributed by atoms with Gasteiger partial charge in [0.05, 0.1) is 4.90 Å². The van der Waals surface area contributed by atoms with Crippen molar-refractivity contribution in [3.8, 4) is 0 Å². The Kier molecular flexibility index (Phi) is 7.00. The minimum Gasteiger partial charge on any atom is -0.381 e. The number of anilines is 1. The number of carbonyl (C=O) groups excluding carboxylic acids is 1. The van der Waals surface area contributed by atoms with Gasteiger partial charge in [0.1, 0.15) is 5.82 Å². The van der Waals surface area contributed by atoms with Crippen molar-refractivity contribution in [2.75, 3.05) is 24.5 Å². The number of sulfonamides is 1. The Labute approximate surface area is 199 Å². The average Bonchev–Trinajstić information content (AvgIpc) is 2.84. The van der Waals surface area contributed by atoms with E-state index in [1.54, 1.807) is 18.2 Å². The molecule has 0 spiro atoms. The third-order valence-electron chi connectivity index (χ3n) is 6.20. The normalized spacial score (nSPS) is 15.5. The van der Waals surface area contributed by atoms with Crippen molar-refractivity contribution in [3.63, 3.8) is 0 Å². The molecule has 0 aromatic heterocycles. The highest BCUT2D eigenvalue weighted by molar-refractivity contribution is 7.92. The standard InChI is InChI=1S/C26H27FN2O4S/c1-19-5-9-23(10-6-19)29-34(31,32)24-11-7-20(8-12-24)25(30)28-18-26(13-15-33-16-14-26)21-3-2-4-22(27)17-21/h2-12,17,29H,13-16,18H2,1H3,(H,28,30). The van der Waals surface area contributed by atoms with E-state index in [0.29, 0.717) is 43.9 Å². The highest BCUT2D eigenvalue weighted by Crippen LogP contribution is 2.34. The van der Waals surface area contributed by atoms with E-state index in [4.69, 9.17) is 4.74 Å². The molecule has 0 unspecified atom stereocenters. The summed E-state index contributed by atoms with van der Waals surface area (Å²) >= 11 is 0. The fraction of sp³-hybridized carbons (Fsp3) is 0.269. The molecule has 1 saturated heterocycles. The fourth-order valence-corrected chi connectivity index (χ4v) is 5.18. The molecule has 3 aromatic rings. The summed E-state index contributed by atoms with van der Waals surface area (Å²) in [5, 5.41) is 2.95. The monoisotopic (exact) mass is 482 g/mol. The van der Waals surface area contributed by atoms with Crippen LogP contribution in [0.25, 0.3) is 0 Å². The van der Waals surface area contributed by atoms with E-state index >= 15 is 0 Å². The number of amides is 1. The number of nitrogens with one attached hydrogen (secondary N) is 2. The maximum absolute atomic E-state index is 13.9. The topological polar surface area (TPSA) is 84.5 Å². The van der Waals surface area contributed by atoms with Gasteiger partial charge in [0, 0.05) is 36.4 Å². The predicted molar refractivity (Wildman–Crippen MR) is 129 cm³/mol. The van der Waals surface area contributed by atoms with Crippen LogP contribution in [-0.2, 0) is 20.2 Å². The first-order chi connectivity index (χ1) is 16.3. The molecule has 178 valence electrons. The molecule has 4 rings (SSSR count). The van der Waals surface area contributed by atoms with Crippen molar-refractivity contribution >= 4 is 21.6 Å². The van der Waals surface area contributed by atoms with Gasteiger partial charge in [-0.3, -0.25) is 9.52 Å². The second-order valence-electron chi connectivity index (χ2n) is 8.58. The number of rotatable bonds is 7. The number of benzene rings is 3. The first kappa shape index (κ1) is 23.9. The van der Waals surface area contributed by atoms with Crippen LogP contribution < -0.4 is 10.0 Å². The summed E-state index contributed by atoms with van der Waals surface area (Å²) in [6.07, 6.45) is 1.33. The van der Waals surface area contributed by atoms with Crippen LogP contribution in [0.4, 0.5) is 10.1 Å². The van der Waals surface area contributed by atoms with E-state index in [2.05, 4.69) is 10.0 Å². The molecule has 1 amide bonds. The molecule has 6 nitrogen and oxygen atoms in total. The number of aryl methyl sites for hydroxylation is 1. The van der Waals surface area contributed by atoms with Crippen molar-refractivity contribution < 1.29 is 22.3 Å². The van der Waals surface area contributed by atoms with Gasteiger partial charge in [-0.2, -0.15) is 0 Å². The van der Waals surface area contributed by atoms with E-state index in [-0.39, 0.29) is 16.6 Å². The number of hydrogen-bond donors (Lipinski definition) is 2. The van der Waals surface area contributed by atoms with Crippen LogP contribution in [0.15, 0.2) is 77.7 Å². The molecule has 0 atom stereocenters. The molecule has 34 heavy (non-hydrogen) atoms. The molecule has 0 bridgehead atoms. The summed E-state index contributed by atoms with van der Waals surface area (Å²) in [4.78, 5) is 12.9. The summed E-state index contributed by atoms with van der Waals surface area (Å²) < 4.78 is 47.2. The van der Waals surface area contributed by atoms with Crippen LogP contribution >= 0.6 is 0 Å². The molecular formula is C26H27FN2O4S. The van der Waals surface area contributed by atoms with E-state index in [1.807, 2.05) is 25.1 Å². The summed E-state index contributed by atoms with van der Waals surface area (Å²) in [7, 11) is -3.78. The van der Waals surface area contributed by atoms with E-state index in [9.17, 15) is 17.6 Å². The summed E-state index contributed by atoms with van der Waals surface area (Å²) in [5.74, 6) is -0.636. The smallest absolute Gasteiger partial charge is 0.261 e. The summed E-state index contributed by atoms with van der Waals surface area (Å²) in [6.45, 7) is 3.32. The van der Waals surface area contributed by atoms with Crippen molar-refractivity contribution in [3.05, 3.63) is 95.3 Å². The van der Waals surface area contributed by atoms with Gasteiger partial charge < -0.3 is 10.1 Å². The molecule has 1 aliphatic heterocycles. The van der Waals surface area contributed by atoms with E-state index in [0.717, 1.165) is 11.1 Å². The van der Waals surface area contributed by atoms with Gasteiger partial charge in [-0.1, -0.05) is 29.8 Å². The van der Waals surface area contributed by atoms with Crippen molar-refractivity contribution in [1.82, 2.24) is 5.32 Å². The SMILES string of the molecule is Cc1ccc(NS(=O)(=O)c2ccc(C(=O)NCC3(c4cccc(F)c4)CCOCC3)cc2)cc1. The van der Waals surface area contributed by atoms with Crippen LogP contribution in [-0.4, -0.2) is 34.1 Å². The van der Waals surface area contributed by atoms with E-state index < -0.39 is 15.4 Å². The summed E-state index contributed by atoms with van der Waals surface area (Å²) in [5.41, 5.74) is 2.25. The van der Waals surface area contributed by atoms with Gasteiger partial charge >= 0.3 is 0 Å². The predicted octanol–water partition coefficient (Wildman–Crippen LogP) is 4.41. The zero-order valence-corrected chi connectivity index (χ0v) is 19.7. The lowest BCUT2D eigenvalue weighted by Crippen LogP contribution is -2.44. The van der Waals surface area contributed by atoms with Crippen molar-refractivity contribution in [1.29, 1.82) is 0 Å². The molecule has 8 heteroatoms. The van der Waals surface area contributed by atoms with Crippen LogP contribution in [0.5, 0.6) is 0 Å². The van der Waals surface area contributed by atoms with Gasteiger partial charge in [0.2, 0.25) is 0 Å². The van der Waals surface area contributed by atoms with Gasteiger partial charge in [-0.25, -0.2) is 12.8 Å². The number of carbonyl (C=O) groups is 1. The molecule has 1 fully saturated rings. The lowest BCUT2D eigenvalue weighted by atomic mass is 9.74. The van der Waals surface area contributed by atoms with Gasteiger partial charge in [0.25, 0.3) is 15.9 Å². The molecule has 1 heterocycles. The Balaban J connectivity index is 1.45. The van der Waals surface area contributed by atoms with Gasteiger partial charge in [-0.05, 0) is 73.9 Å². The highest BCUT2D eigenvalue weighted by Gasteiger charge is 2.35. The number of hydrogen-bond acceptors (Lipinski definition) is 4. The third kappa shape index (κ3) is 5.46. The lowest BCUT2D eigenvalue weighted by Gasteiger charge is -2.38. The minimum atomic E-state index is -3.78. The Morgan fingerprint density at radius 2 is 1.68 bits per heavy atom. The minimum absolute atomic E-state index is 0.0604. The molecule has 0 aliphatic carbocycles. The largest absolute Gasteiger partial charge is 0.381 e. The maximum Gasteiger partial charge on any atom is 0.261 e. The van der Waals surface area contributed by atoms with Gasteiger partial charge in [0.15, 0.2) is 0 Å². The average molecular weight is 483 g/mol. The second kappa shape index (κ2) is 9.95. The van der Waals surface area contributed by atoms with Crippen LogP contribution in [0.3, 0.4) is 0 Å². The Morgan fingerprint density at radius 3 is 2.32 bits per heavy atom.